The van der Waals surface area contributed by atoms with Crippen LogP contribution in [-0.2, 0) is 10.0 Å². The molecule has 106 valence electrons. The smallest absolute Gasteiger partial charge is 0.243 e. The zero-order chi connectivity index (χ0) is 14.3. The molecule has 1 aliphatic heterocycles. The molecule has 1 atom stereocenters. The van der Waals surface area contributed by atoms with Crippen LogP contribution < -0.4 is 0 Å². The van der Waals surface area contributed by atoms with Gasteiger partial charge >= 0.3 is 0 Å². The van der Waals surface area contributed by atoms with Crippen molar-refractivity contribution < 1.29 is 8.42 Å². The van der Waals surface area contributed by atoms with Crippen molar-refractivity contribution in [1.82, 2.24) is 9.29 Å². The van der Waals surface area contributed by atoms with Crippen LogP contribution in [0.5, 0.6) is 0 Å². The first kappa shape index (κ1) is 14.8. The highest BCUT2D eigenvalue weighted by Gasteiger charge is 2.37. The molecule has 2 heterocycles. The number of sulfonamides is 1. The summed E-state index contributed by atoms with van der Waals surface area (Å²) in [5.74, 6) is 0.391. The molecule has 0 N–H and O–H groups in total. The lowest BCUT2D eigenvalue weighted by Crippen LogP contribution is -2.31. The van der Waals surface area contributed by atoms with Crippen molar-refractivity contribution in [2.24, 2.45) is 11.3 Å². The number of nitrogens with zero attached hydrogens (tertiary/aromatic N) is 2. The van der Waals surface area contributed by atoms with Crippen LogP contribution in [0.4, 0.5) is 0 Å². The van der Waals surface area contributed by atoms with E-state index in [0.717, 1.165) is 6.42 Å². The van der Waals surface area contributed by atoms with E-state index in [2.05, 4.69) is 25.8 Å². The summed E-state index contributed by atoms with van der Waals surface area (Å²) in [6, 6.07) is 3.01. The number of rotatable bonds is 2. The van der Waals surface area contributed by atoms with E-state index in [4.69, 9.17) is 11.6 Å². The van der Waals surface area contributed by atoms with Crippen molar-refractivity contribution in [3.8, 4) is 0 Å². The number of pyridine rings is 1. The molecule has 0 saturated carbocycles. The van der Waals surface area contributed by atoms with Crippen LogP contribution in [0.1, 0.15) is 27.2 Å². The molecule has 0 aromatic carbocycles. The van der Waals surface area contributed by atoms with Gasteiger partial charge in [0.15, 0.2) is 0 Å². The lowest BCUT2D eigenvalue weighted by atomic mass is 9.80. The fourth-order valence-corrected chi connectivity index (χ4v) is 3.88. The van der Waals surface area contributed by atoms with Crippen molar-refractivity contribution in [1.29, 1.82) is 0 Å². The van der Waals surface area contributed by atoms with Gasteiger partial charge in [0.25, 0.3) is 0 Å². The lowest BCUT2D eigenvalue weighted by Gasteiger charge is -2.26. The van der Waals surface area contributed by atoms with E-state index < -0.39 is 10.0 Å². The van der Waals surface area contributed by atoms with Crippen LogP contribution in [0.2, 0.25) is 5.15 Å². The van der Waals surface area contributed by atoms with Crippen molar-refractivity contribution in [3.63, 3.8) is 0 Å². The maximum Gasteiger partial charge on any atom is 0.244 e. The number of hydrogen-bond acceptors (Lipinski definition) is 3. The molecule has 0 aliphatic carbocycles. The largest absolute Gasteiger partial charge is 0.244 e. The predicted octanol–water partition coefficient (Wildman–Crippen LogP) is 2.79. The molecule has 2 rings (SSSR count). The molecule has 1 fully saturated rings. The second kappa shape index (κ2) is 5.04. The molecule has 0 spiro atoms. The zero-order valence-electron chi connectivity index (χ0n) is 11.4. The highest BCUT2D eigenvalue weighted by molar-refractivity contribution is 7.89. The van der Waals surface area contributed by atoms with Crippen LogP contribution in [-0.4, -0.2) is 30.8 Å². The molecule has 1 saturated heterocycles. The fourth-order valence-electron chi connectivity index (χ4n) is 2.32. The minimum absolute atomic E-state index is 0.127. The van der Waals surface area contributed by atoms with Gasteiger partial charge in [0.1, 0.15) is 10.0 Å². The second-order valence-corrected chi connectivity index (χ2v) is 8.36. The summed E-state index contributed by atoms with van der Waals surface area (Å²) in [5, 5.41) is 0.299. The quantitative estimate of drug-likeness (QED) is 0.789. The Morgan fingerprint density at radius 2 is 2.05 bits per heavy atom. The summed E-state index contributed by atoms with van der Waals surface area (Å²) in [6.07, 6.45) is 2.23. The van der Waals surface area contributed by atoms with E-state index >= 15 is 0 Å². The molecule has 1 aromatic rings. The molecule has 0 radical (unpaired) electrons. The van der Waals surface area contributed by atoms with Gasteiger partial charge in [0, 0.05) is 19.3 Å². The van der Waals surface area contributed by atoms with E-state index in [0.29, 0.717) is 24.2 Å². The van der Waals surface area contributed by atoms with Crippen LogP contribution in [0.3, 0.4) is 0 Å². The zero-order valence-corrected chi connectivity index (χ0v) is 13.0. The first-order valence-electron chi connectivity index (χ1n) is 6.33. The summed E-state index contributed by atoms with van der Waals surface area (Å²) in [6.45, 7) is 7.61. The first-order valence-corrected chi connectivity index (χ1v) is 8.15. The van der Waals surface area contributed by atoms with Gasteiger partial charge in [-0.3, -0.25) is 0 Å². The summed E-state index contributed by atoms with van der Waals surface area (Å²) in [7, 11) is -3.44. The van der Waals surface area contributed by atoms with E-state index in [9.17, 15) is 8.42 Å². The Morgan fingerprint density at radius 1 is 1.37 bits per heavy atom. The van der Waals surface area contributed by atoms with Crippen LogP contribution in [0.25, 0.3) is 0 Å². The topological polar surface area (TPSA) is 50.3 Å². The number of hydrogen-bond donors (Lipinski definition) is 0. The second-order valence-electron chi connectivity index (χ2n) is 6.03. The fraction of sp³-hybridized carbons (Fsp3) is 0.615. The van der Waals surface area contributed by atoms with Gasteiger partial charge in [-0.2, -0.15) is 4.31 Å². The van der Waals surface area contributed by atoms with E-state index in [1.54, 1.807) is 4.31 Å². The van der Waals surface area contributed by atoms with Gasteiger partial charge in [0.05, 0.1) is 0 Å². The summed E-state index contributed by atoms with van der Waals surface area (Å²) >= 11 is 5.68. The Kier molecular flexibility index (Phi) is 3.91. The van der Waals surface area contributed by atoms with Gasteiger partial charge in [-0.25, -0.2) is 13.4 Å². The molecule has 1 aliphatic rings. The molecular formula is C13H19ClN2O2S. The highest BCUT2D eigenvalue weighted by atomic mass is 35.5. The third-order valence-corrected chi connectivity index (χ3v) is 5.79. The van der Waals surface area contributed by atoms with Crippen LogP contribution >= 0.6 is 11.6 Å². The normalized spacial score (nSPS) is 21.8. The molecule has 1 unspecified atom stereocenters. The Hall–Kier alpha value is -0.650. The molecule has 0 bridgehead atoms. The SMILES string of the molecule is CC(C)(C)C1CCN(S(=O)(=O)c2ccc(Cl)nc2)C1. The van der Waals surface area contributed by atoms with Gasteiger partial charge < -0.3 is 0 Å². The van der Waals surface area contributed by atoms with Crippen LogP contribution in [0.15, 0.2) is 23.2 Å². The maximum atomic E-state index is 12.5. The van der Waals surface area contributed by atoms with Crippen LogP contribution in [0, 0.1) is 11.3 Å². The Balaban J connectivity index is 2.21. The lowest BCUT2D eigenvalue weighted by molar-refractivity contribution is 0.252. The van der Waals surface area contributed by atoms with Crippen molar-refractivity contribution in [2.75, 3.05) is 13.1 Å². The van der Waals surface area contributed by atoms with E-state index in [-0.39, 0.29) is 10.3 Å². The average molecular weight is 303 g/mol. The third-order valence-electron chi connectivity index (χ3n) is 3.71. The van der Waals surface area contributed by atoms with Gasteiger partial charge in [-0.15, -0.1) is 0 Å². The molecule has 4 nitrogen and oxygen atoms in total. The molecule has 0 amide bonds. The molecular weight excluding hydrogens is 284 g/mol. The summed E-state index contributed by atoms with van der Waals surface area (Å²) < 4.78 is 26.5. The summed E-state index contributed by atoms with van der Waals surface area (Å²) in [4.78, 5) is 4.06. The third kappa shape index (κ3) is 3.09. The Labute approximate surface area is 119 Å². The molecule has 1 aromatic heterocycles. The predicted molar refractivity (Wildman–Crippen MR) is 75.6 cm³/mol. The van der Waals surface area contributed by atoms with Gasteiger partial charge in [-0.05, 0) is 29.9 Å². The van der Waals surface area contributed by atoms with Crippen molar-refractivity contribution in [2.45, 2.75) is 32.1 Å². The van der Waals surface area contributed by atoms with Gasteiger partial charge in [-0.1, -0.05) is 32.4 Å². The average Bonchev–Trinajstić information content (AvgIpc) is 2.79. The van der Waals surface area contributed by atoms with Crippen molar-refractivity contribution >= 4 is 21.6 Å². The van der Waals surface area contributed by atoms with Crippen molar-refractivity contribution in [3.05, 3.63) is 23.5 Å². The number of halogens is 1. The molecule has 19 heavy (non-hydrogen) atoms. The minimum atomic E-state index is -3.44. The maximum absolute atomic E-state index is 12.5. The highest BCUT2D eigenvalue weighted by Crippen LogP contribution is 2.35. The first-order chi connectivity index (χ1) is 8.71. The summed E-state index contributed by atoms with van der Waals surface area (Å²) in [5.41, 5.74) is 0.127. The Morgan fingerprint density at radius 3 is 2.53 bits per heavy atom. The Bertz CT molecular complexity index is 549. The van der Waals surface area contributed by atoms with E-state index in [1.165, 1.54) is 18.3 Å². The number of aromatic nitrogens is 1. The van der Waals surface area contributed by atoms with Gasteiger partial charge in [0.2, 0.25) is 10.0 Å². The minimum Gasteiger partial charge on any atom is -0.243 e. The standard InChI is InChI=1S/C13H19ClN2O2S/c1-13(2,3)10-6-7-16(9-10)19(17,18)11-4-5-12(14)15-8-11/h4-5,8,10H,6-7,9H2,1-3H3. The monoisotopic (exact) mass is 302 g/mol. The van der Waals surface area contributed by atoms with E-state index in [1.807, 2.05) is 0 Å². The molecule has 6 heteroatoms.